The number of carbonyl (C=O) groups excluding carboxylic acids is 1. The molecule has 1 atom stereocenters. The highest BCUT2D eigenvalue weighted by molar-refractivity contribution is 9.09. The van der Waals surface area contributed by atoms with Crippen LogP contribution in [0.25, 0.3) is 0 Å². The predicted octanol–water partition coefficient (Wildman–Crippen LogP) is 2.66. The van der Waals surface area contributed by atoms with Gasteiger partial charge in [0.25, 0.3) is 5.91 Å². The summed E-state index contributed by atoms with van der Waals surface area (Å²) in [6.07, 6.45) is 0.758. The summed E-state index contributed by atoms with van der Waals surface area (Å²) in [6, 6.07) is 4.30. The molecule has 1 aromatic rings. The summed E-state index contributed by atoms with van der Waals surface area (Å²) < 4.78 is 18.1. The maximum absolute atomic E-state index is 13.1. The SMILES string of the molecule is COCC(Br)CCNC(=O)c1cc(C)cc(F)c1. The number of nitrogens with one attached hydrogen (secondary N) is 1. The van der Waals surface area contributed by atoms with Gasteiger partial charge in [0.15, 0.2) is 0 Å². The number of halogens is 2. The Bertz CT molecular complexity index is 392. The first kappa shape index (κ1) is 15.1. The summed E-state index contributed by atoms with van der Waals surface area (Å²) in [4.78, 5) is 12.0. The van der Waals surface area contributed by atoms with Gasteiger partial charge in [0.05, 0.1) is 6.61 Å². The number of aryl methyl sites for hydroxylation is 1. The van der Waals surface area contributed by atoms with Crippen LogP contribution >= 0.6 is 15.9 Å². The first-order chi connectivity index (χ1) is 8.52. The Morgan fingerprint density at radius 2 is 2.22 bits per heavy atom. The summed E-state index contributed by atoms with van der Waals surface area (Å²) in [5.41, 5.74) is 1.09. The summed E-state index contributed by atoms with van der Waals surface area (Å²) in [7, 11) is 1.63. The van der Waals surface area contributed by atoms with Crippen LogP contribution in [-0.2, 0) is 4.74 Å². The second-order valence-corrected chi connectivity index (χ2v) is 5.41. The van der Waals surface area contributed by atoms with Gasteiger partial charge in [-0.15, -0.1) is 0 Å². The summed E-state index contributed by atoms with van der Waals surface area (Å²) in [5, 5.41) is 2.75. The van der Waals surface area contributed by atoms with Crippen molar-refractivity contribution in [3.8, 4) is 0 Å². The fourth-order valence-corrected chi connectivity index (χ4v) is 2.07. The Balaban J connectivity index is 2.45. The van der Waals surface area contributed by atoms with Crippen molar-refractivity contribution in [2.45, 2.75) is 18.2 Å². The molecule has 1 rings (SSSR count). The zero-order chi connectivity index (χ0) is 13.5. The Labute approximate surface area is 115 Å². The van der Waals surface area contributed by atoms with Crippen LogP contribution in [0.15, 0.2) is 18.2 Å². The number of amides is 1. The summed E-state index contributed by atoms with van der Waals surface area (Å²) in [5.74, 6) is -0.646. The number of hydrogen-bond donors (Lipinski definition) is 1. The first-order valence-corrected chi connectivity index (χ1v) is 6.63. The minimum atomic E-state index is -0.391. The van der Waals surface area contributed by atoms with E-state index in [9.17, 15) is 9.18 Å². The van der Waals surface area contributed by atoms with E-state index in [0.717, 1.165) is 12.0 Å². The van der Waals surface area contributed by atoms with Crippen molar-refractivity contribution in [1.82, 2.24) is 5.32 Å². The molecule has 100 valence electrons. The number of benzene rings is 1. The third kappa shape index (κ3) is 5.14. The molecule has 1 aromatic carbocycles. The van der Waals surface area contributed by atoms with E-state index in [0.29, 0.717) is 18.7 Å². The highest BCUT2D eigenvalue weighted by Gasteiger charge is 2.09. The van der Waals surface area contributed by atoms with Gasteiger partial charge in [0.1, 0.15) is 5.82 Å². The van der Waals surface area contributed by atoms with Crippen molar-refractivity contribution in [3.05, 3.63) is 35.1 Å². The van der Waals surface area contributed by atoms with E-state index in [2.05, 4.69) is 21.2 Å². The Hall–Kier alpha value is -0.940. The lowest BCUT2D eigenvalue weighted by molar-refractivity contribution is 0.0951. The molecule has 0 aliphatic rings. The molecule has 0 radical (unpaired) electrons. The van der Waals surface area contributed by atoms with E-state index in [1.165, 1.54) is 12.1 Å². The van der Waals surface area contributed by atoms with E-state index >= 15 is 0 Å². The van der Waals surface area contributed by atoms with E-state index in [4.69, 9.17) is 4.74 Å². The summed E-state index contributed by atoms with van der Waals surface area (Å²) >= 11 is 3.43. The molecule has 0 heterocycles. The quantitative estimate of drug-likeness (QED) is 0.819. The van der Waals surface area contributed by atoms with Crippen LogP contribution in [0.2, 0.25) is 0 Å². The average Bonchev–Trinajstić information content (AvgIpc) is 2.27. The molecule has 0 bridgehead atoms. The molecule has 1 N–H and O–H groups in total. The van der Waals surface area contributed by atoms with Gasteiger partial charge in [-0.2, -0.15) is 0 Å². The molecule has 0 saturated heterocycles. The zero-order valence-electron chi connectivity index (χ0n) is 10.5. The minimum absolute atomic E-state index is 0.206. The van der Waals surface area contributed by atoms with Crippen molar-refractivity contribution < 1.29 is 13.9 Å². The van der Waals surface area contributed by atoms with Gasteiger partial charge in [0.2, 0.25) is 0 Å². The summed E-state index contributed by atoms with van der Waals surface area (Å²) in [6.45, 7) is 2.87. The van der Waals surface area contributed by atoms with E-state index < -0.39 is 5.82 Å². The van der Waals surface area contributed by atoms with Crippen LogP contribution < -0.4 is 5.32 Å². The second-order valence-electron chi connectivity index (χ2n) is 4.11. The van der Waals surface area contributed by atoms with Gasteiger partial charge in [0, 0.05) is 24.0 Å². The topological polar surface area (TPSA) is 38.3 Å². The van der Waals surface area contributed by atoms with Crippen molar-refractivity contribution >= 4 is 21.8 Å². The number of hydrogen-bond acceptors (Lipinski definition) is 2. The number of ether oxygens (including phenoxy) is 1. The molecule has 0 aliphatic carbocycles. The lowest BCUT2D eigenvalue weighted by atomic mass is 10.1. The van der Waals surface area contributed by atoms with Crippen molar-refractivity contribution in [3.63, 3.8) is 0 Å². The van der Waals surface area contributed by atoms with E-state index in [1.54, 1.807) is 20.1 Å². The molecule has 18 heavy (non-hydrogen) atoms. The van der Waals surface area contributed by atoms with Crippen LogP contribution in [0.5, 0.6) is 0 Å². The molecule has 0 saturated carbocycles. The van der Waals surface area contributed by atoms with Crippen LogP contribution in [-0.4, -0.2) is 31.0 Å². The minimum Gasteiger partial charge on any atom is -0.384 e. The number of rotatable bonds is 6. The molecule has 0 fully saturated rings. The maximum Gasteiger partial charge on any atom is 0.251 e. The largest absolute Gasteiger partial charge is 0.384 e. The molecule has 0 aliphatic heterocycles. The standard InChI is InChI=1S/C13H17BrFNO2/c1-9-5-10(7-12(15)6-9)13(17)16-4-3-11(14)8-18-2/h5-7,11H,3-4,8H2,1-2H3,(H,16,17). The van der Waals surface area contributed by atoms with Crippen molar-refractivity contribution in [1.29, 1.82) is 0 Å². The third-order valence-electron chi connectivity index (χ3n) is 2.39. The highest BCUT2D eigenvalue weighted by atomic mass is 79.9. The predicted molar refractivity (Wildman–Crippen MR) is 72.7 cm³/mol. The molecule has 0 aromatic heterocycles. The fourth-order valence-electron chi connectivity index (χ4n) is 1.58. The molecule has 5 heteroatoms. The third-order valence-corrected chi connectivity index (χ3v) is 3.12. The smallest absolute Gasteiger partial charge is 0.251 e. The maximum atomic E-state index is 13.1. The molecule has 1 unspecified atom stereocenters. The second kappa shape index (κ2) is 7.48. The zero-order valence-corrected chi connectivity index (χ0v) is 12.1. The van der Waals surface area contributed by atoms with Gasteiger partial charge < -0.3 is 10.1 Å². The van der Waals surface area contributed by atoms with E-state index in [1.807, 2.05) is 0 Å². The highest BCUT2D eigenvalue weighted by Crippen LogP contribution is 2.09. The molecular formula is C13H17BrFNO2. The first-order valence-electron chi connectivity index (χ1n) is 5.71. The molecular weight excluding hydrogens is 301 g/mol. The van der Waals surface area contributed by atoms with Crippen LogP contribution in [0, 0.1) is 12.7 Å². The molecule has 1 amide bonds. The number of methoxy groups -OCH3 is 1. The molecule has 0 spiro atoms. The monoisotopic (exact) mass is 317 g/mol. The lowest BCUT2D eigenvalue weighted by Gasteiger charge is -2.10. The van der Waals surface area contributed by atoms with Crippen LogP contribution in [0.3, 0.4) is 0 Å². The normalized spacial score (nSPS) is 12.2. The average molecular weight is 318 g/mol. The number of alkyl halides is 1. The fraction of sp³-hybridized carbons (Fsp3) is 0.462. The number of carbonyl (C=O) groups is 1. The van der Waals surface area contributed by atoms with Crippen molar-refractivity contribution in [2.75, 3.05) is 20.3 Å². The van der Waals surface area contributed by atoms with Gasteiger partial charge >= 0.3 is 0 Å². The Morgan fingerprint density at radius 3 is 2.83 bits per heavy atom. The van der Waals surface area contributed by atoms with Gasteiger partial charge in [-0.3, -0.25) is 4.79 Å². The van der Waals surface area contributed by atoms with Gasteiger partial charge in [-0.25, -0.2) is 4.39 Å². The Kier molecular flexibility index (Phi) is 6.29. The van der Waals surface area contributed by atoms with Gasteiger partial charge in [-0.1, -0.05) is 15.9 Å². The Morgan fingerprint density at radius 1 is 1.50 bits per heavy atom. The molecule has 3 nitrogen and oxygen atoms in total. The van der Waals surface area contributed by atoms with Crippen molar-refractivity contribution in [2.24, 2.45) is 0 Å². The van der Waals surface area contributed by atoms with E-state index in [-0.39, 0.29) is 10.7 Å². The van der Waals surface area contributed by atoms with Crippen LogP contribution in [0.1, 0.15) is 22.3 Å². The van der Waals surface area contributed by atoms with Crippen LogP contribution in [0.4, 0.5) is 4.39 Å². The lowest BCUT2D eigenvalue weighted by Crippen LogP contribution is -2.27. The van der Waals surface area contributed by atoms with Gasteiger partial charge in [-0.05, 0) is 37.1 Å².